The highest BCUT2D eigenvalue weighted by atomic mass is 19.4. The Labute approximate surface area is 101 Å². The molecule has 0 saturated carbocycles. The molecule has 7 heteroatoms. The van der Waals surface area contributed by atoms with Gasteiger partial charge in [0.05, 0.1) is 19.3 Å². The number of rotatable bonds is 4. The molecule has 100 valence electrons. The molecule has 0 aromatic heterocycles. The molecule has 0 atom stereocenters. The molecule has 0 aliphatic heterocycles. The lowest BCUT2D eigenvalue weighted by Crippen LogP contribution is -2.19. The maximum Gasteiger partial charge on any atom is 0.422 e. The van der Waals surface area contributed by atoms with Crippen molar-refractivity contribution in [1.29, 1.82) is 0 Å². The summed E-state index contributed by atoms with van der Waals surface area (Å²) in [4.78, 5) is 11.3. The number of carbonyl (C=O) groups excluding carboxylic acids is 1. The smallest absolute Gasteiger partial charge is 0.422 e. The van der Waals surface area contributed by atoms with Crippen LogP contribution in [0.15, 0.2) is 18.2 Å². The maximum atomic E-state index is 12.0. The highest BCUT2D eigenvalue weighted by molar-refractivity contribution is 5.91. The molecule has 1 aromatic carbocycles. The Morgan fingerprint density at radius 3 is 2.56 bits per heavy atom. The van der Waals surface area contributed by atoms with Crippen LogP contribution in [-0.4, -0.2) is 31.0 Å². The van der Waals surface area contributed by atoms with E-state index in [0.29, 0.717) is 0 Å². The van der Waals surface area contributed by atoms with Crippen LogP contribution in [0, 0.1) is 0 Å². The second-order valence-corrected chi connectivity index (χ2v) is 3.37. The standard InChI is InChI=1S/C11H11F3O4/c1-17-10(16)9-4-8(3-2-7(9)5-15)18-6-11(12,13)14/h2-4,15H,5-6H2,1H3. The maximum absolute atomic E-state index is 12.0. The van der Waals surface area contributed by atoms with Gasteiger partial charge < -0.3 is 14.6 Å². The molecule has 1 aromatic rings. The minimum Gasteiger partial charge on any atom is -0.484 e. The van der Waals surface area contributed by atoms with E-state index < -0.39 is 25.4 Å². The fourth-order valence-electron chi connectivity index (χ4n) is 1.25. The van der Waals surface area contributed by atoms with Gasteiger partial charge in [-0.05, 0) is 17.7 Å². The van der Waals surface area contributed by atoms with Gasteiger partial charge in [-0.25, -0.2) is 4.79 Å². The van der Waals surface area contributed by atoms with Gasteiger partial charge in [0.1, 0.15) is 5.75 Å². The zero-order valence-electron chi connectivity index (χ0n) is 9.45. The minimum atomic E-state index is -4.46. The zero-order chi connectivity index (χ0) is 13.8. The lowest BCUT2D eigenvalue weighted by atomic mass is 10.1. The van der Waals surface area contributed by atoms with E-state index >= 15 is 0 Å². The predicted octanol–water partition coefficient (Wildman–Crippen LogP) is 1.91. The third-order valence-corrected chi connectivity index (χ3v) is 2.06. The summed E-state index contributed by atoms with van der Waals surface area (Å²) in [5, 5.41) is 8.98. The first-order valence-electron chi connectivity index (χ1n) is 4.89. The molecule has 1 N–H and O–H groups in total. The van der Waals surface area contributed by atoms with E-state index in [2.05, 4.69) is 9.47 Å². The van der Waals surface area contributed by atoms with Crippen LogP contribution in [0.2, 0.25) is 0 Å². The molecule has 0 aliphatic rings. The van der Waals surface area contributed by atoms with E-state index in [1.165, 1.54) is 12.1 Å². The minimum absolute atomic E-state index is 0.0281. The number of methoxy groups -OCH3 is 1. The number of halogens is 3. The van der Waals surface area contributed by atoms with Gasteiger partial charge in [0, 0.05) is 0 Å². The molecule has 0 radical (unpaired) electrons. The Bertz CT molecular complexity index is 429. The molecule has 0 unspecified atom stereocenters. The SMILES string of the molecule is COC(=O)c1cc(OCC(F)(F)F)ccc1CO. The van der Waals surface area contributed by atoms with Gasteiger partial charge in [-0.1, -0.05) is 6.07 Å². The number of benzene rings is 1. The Kier molecular flexibility index (Phi) is 4.55. The Morgan fingerprint density at radius 2 is 2.06 bits per heavy atom. The van der Waals surface area contributed by atoms with Gasteiger partial charge >= 0.3 is 12.1 Å². The first-order chi connectivity index (χ1) is 8.37. The number of ether oxygens (including phenoxy) is 2. The summed E-state index contributed by atoms with van der Waals surface area (Å²) >= 11 is 0. The van der Waals surface area contributed by atoms with Crippen molar-refractivity contribution in [1.82, 2.24) is 0 Å². The van der Waals surface area contributed by atoms with Crippen LogP contribution < -0.4 is 4.74 Å². The van der Waals surface area contributed by atoms with Gasteiger partial charge in [-0.3, -0.25) is 0 Å². The van der Waals surface area contributed by atoms with Crippen LogP contribution in [0.3, 0.4) is 0 Å². The monoisotopic (exact) mass is 264 g/mol. The number of hydrogen-bond donors (Lipinski definition) is 1. The van der Waals surface area contributed by atoms with Crippen molar-refractivity contribution in [3.05, 3.63) is 29.3 Å². The van der Waals surface area contributed by atoms with E-state index in [1.54, 1.807) is 0 Å². The normalized spacial score (nSPS) is 11.2. The van der Waals surface area contributed by atoms with Gasteiger partial charge in [0.15, 0.2) is 6.61 Å². The fraction of sp³-hybridized carbons (Fsp3) is 0.364. The number of alkyl halides is 3. The summed E-state index contributed by atoms with van der Waals surface area (Å²) in [6, 6.07) is 3.64. The van der Waals surface area contributed by atoms with Crippen LogP contribution >= 0.6 is 0 Å². The second kappa shape index (κ2) is 5.72. The molecular weight excluding hydrogens is 253 g/mol. The van der Waals surface area contributed by atoms with Crippen molar-refractivity contribution in [2.45, 2.75) is 12.8 Å². The van der Waals surface area contributed by atoms with Crippen molar-refractivity contribution in [2.24, 2.45) is 0 Å². The third kappa shape index (κ3) is 3.92. The summed E-state index contributed by atoms with van der Waals surface area (Å²) < 4.78 is 44.8. The lowest BCUT2D eigenvalue weighted by molar-refractivity contribution is -0.153. The lowest BCUT2D eigenvalue weighted by Gasteiger charge is -2.11. The Morgan fingerprint density at radius 1 is 1.39 bits per heavy atom. The number of hydrogen-bond acceptors (Lipinski definition) is 4. The molecule has 0 bridgehead atoms. The van der Waals surface area contributed by atoms with Crippen molar-refractivity contribution < 1.29 is 32.5 Å². The van der Waals surface area contributed by atoms with Gasteiger partial charge in [0.25, 0.3) is 0 Å². The molecule has 0 fully saturated rings. The van der Waals surface area contributed by atoms with Gasteiger partial charge in [0.2, 0.25) is 0 Å². The van der Waals surface area contributed by atoms with Crippen LogP contribution in [0.1, 0.15) is 15.9 Å². The largest absolute Gasteiger partial charge is 0.484 e. The molecule has 0 spiro atoms. The van der Waals surface area contributed by atoms with E-state index in [4.69, 9.17) is 5.11 Å². The topological polar surface area (TPSA) is 55.8 Å². The van der Waals surface area contributed by atoms with Crippen molar-refractivity contribution in [2.75, 3.05) is 13.7 Å². The predicted molar refractivity (Wildman–Crippen MR) is 55.3 cm³/mol. The molecule has 0 heterocycles. The summed E-state index contributed by atoms with van der Waals surface area (Å²) in [5.41, 5.74) is 0.223. The number of aliphatic hydroxyl groups is 1. The van der Waals surface area contributed by atoms with Crippen molar-refractivity contribution in [3.8, 4) is 5.75 Å². The number of esters is 1. The first-order valence-corrected chi connectivity index (χ1v) is 4.89. The molecule has 18 heavy (non-hydrogen) atoms. The second-order valence-electron chi connectivity index (χ2n) is 3.37. The fourth-order valence-corrected chi connectivity index (χ4v) is 1.25. The van der Waals surface area contributed by atoms with Crippen molar-refractivity contribution >= 4 is 5.97 Å². The van der Waals surface area contributed by atoms with Gasteiger partial charge in [-0.15, -0.1) is 0 Å². The third-order valence-electron chi connectivity index (χ3n) is 2.06. The van der Waals surface area contributed by atoms with Crippen LogP contribution in [0.4, 0.5) is 13.2 Å². The highest BCUT2D eigenvalue weighted by Crippen LogP contribution is 2.22. The summed E-state index contributed by atoms with van der Waals surface area (Å²) in [5.74, 6) is -0.874. The molecule has 1 rings (SSSR count). The van der Waals surface area contributed by atoms with Crippen LogP contribution in [-0.2, 0) is 11.3 Å². The van der Waals surface area contributed by atoms with E-state index in [9.17, 15) is 18.0 Å². The Hall–Kier alpha value is -1.76. The summed E-state index contributed by atoms with van der Waals surface area (Å²) in [6.07, 6.45) is -4.46. The van der Waals surface area contributed by atoms with Crippen LogP contribution in [0.25, 0.3) is 0 Å². The average molecular weight is 264 g/mol. The Balaban J connectivity index is 2.92. The van der Waals surface area contributed by atoms with E-state index in [-0.39, 0.29) is 16.9 Å². The summed E-state index contributed by atoms with van der Waals surface area (Å²) in [6.45, 7) is -1.88. The van der Waals surface area contributed by atoms with Crippen molar-refractivity contribution in [3.63, 3.8) is 0 Å². The number of aliphatic hydroxyl groups excluding tert-OH is 1. The van der Waals surface area contributed by atoms with E-state index in [0.717, 1.165) is 13.2 Å². The molecule has 0 aliphatic carbocycles. The zero-order valence-corrected chi connectivity index (χ0v) is 9.45. The van der Waals surface area contributed by atoms with Gasteiger partial charge in [-0.2, -0.15) is 13.2 Å². The first kappa shape index (κ1) is 14.3. The quantitative estimate of drug-likeness (QED) is 0.844. The summed E-state index contributed by atoms with van der Waals surface area (Å²) in [7, 11) is 1.13. The average Bonchev–Trinajstić information content (AvgIpc) is 2.34. The number of carbonyl (C=O) groups is 1. The van der Waals surface area contributed by atoms with Crippen LogP contribution in [0.5, 0.6) is 5.75 Å². The molecule has 0 amide bonds. The van der Waals surface area contributed by atoms with E-state index in [1.807, 2.05) is 0 Å². The molecule has 4 nitrogen and oxygen atoms in total. The highest BCUT2D eigenvalue weighted by Gasteiger charge is 2.28. The molecular formula is C11H11F3O4. The molecule has 0 saturated heterocycles.